The number of nitrogens with one attached hydrogen (secondary N) is 1. The zero-order chi connectivity index (χ0) is 25.9. The van der Waals surface area contributed by atoms with Crippen LogP contribution < -0.4 is 14.8 Å². The van der Waals surface area contributed by atoms with Crippen molar-refractivity contribution in [3.63, 3.8) is 0 Å². The number of carbonyl (C=O) groups is 2. The van der Waals surface area contributed by atoms with Crippen molar-refractivity contribution in [3.05, 3.63) is 76.4 Å². The van der Waals surface area contributed by atoms with Gasteiger partial charge >= 0.3 is 5.97 Å². The number of hydrogen-bond donors (Lipinski definition) is 1. The fourth-order valence-electron chi connectivity index (χ4n) is 3.87. The van der Waals surface area contributed by atoms with Crippen LogP contribution in [0.5, 0.6) is 17.2 Å². The normalized spacial score (nSPS) is 14.9. The van der Waals surface area contributed by atoms with E-state index < -0.39 is 5.92 Å². The third-order valence-electron chi connectivity index (χ3n) is 5.78. The van der Waals surface area contributed by atoms with Crippen LogP contribution in [-0.2, 0) is 14.9 Å². The third-order valence-corrected chi connectivity index (χ3v) is 6.07. The zero-order valence-corrected chi connectivity index (χ0v) is 21.5. The van der Waals surface area contributed by atoms with Crippen molar-refractivity contribution in [3.8, 4) is 17.2 Å². The van der Waals surface area contributed by atoms with Crippen molar-refractivity contribution >= 4 is 29.3 Å². The van der Waals surface area contributed by atoms with Gasteiger partial charge in [0, 0.05) is 28.3 Å². The first kappa shape index (κ1) is 25.5. The molecule has 188 valence electrons. The first-order valence-corrected chi connectivity index (χ1v) is 12.2. The molecule has 1 atom stereocenters. The van der Waals surface area contributed by atoms with E-state index in [0.29, 0.717) is 58.9 Å². The van der Waals surface area contributed by atoms with E-state index in [4.69, 9.17) is 25.8 Å². The van der Waals surface area contributed by atoms with Gasteiger partial charge in [-0.15, -0.1) is 0 Å². The van der Waals surface area contributed by atoms with Gasteiger partial charge in [0.2, 0.25) is 0 Å². The highest BCUT2D eigenvalue weighted by atomic mass is 35.5. The second-order valence-electron chi connectivity index (χ2n) is 9.50. The van der Waals surface area contributed by atoms with Gasteiger partial charge < -0.3 is 19.5 Å². The van der Waals surface area contributed by atoms with Gasteiger partial charge in [-0.05, 0) is 55.8 Å². The summed E-state index contributed by atoms with van der Waals surface area (Å²) in [6, 6.07) is 15.6. The van der Waals surface area contributed by atoms with Crippen LogP contribution in [0.15, 0.2) is 54.6 Å². The lowest BCUT2D eigenvalue weighted by Gasteiger charge is -2.25. The van der Waals surface area contributed by atoms with E-state index in [0.717, 1.165) is 5.69 Å². The monoisotopic (exact) mass is 508 g/mol. The van der Waals surface area contributed by atoms with Crippen molar-refractivity contribution in [1.29, 1.82) is 0 Å². The van der Waals surface area contributed by atoms with Gasteiger partial charge in [-0.2, -0.15) is 0 Å². The number of pyridine rings is 1. The number of amides is 1. The number of nitrogens with zero attached hydrogens (tertiary/aromatic N) is 1. The smallest absolute Gasteiger partial charge is 0.313 e. The van der Waals surface area contributed by atoms with Crippen LogP contribution in [0.2, 0.25) is 5.02 Å². The number of ether oxygens (including phenoxy) is 3. The van der Waals surface area contributed by atoms with Crippen LogP contribution in [0.1, 0.15) is 61.6 Å². The average molecular weight is 509 g/mol. The SMILES string of the molecule is CCOC(=O)C1CCOc2cc(Oc3ccc(C(=O)Nc4cccc(C(C)(C)C)n4)cc3)c(Cl)cc21. The summed E-state index contributed by atoms with van der Waals surface area (Å²) in [5.74, 6) is 0.941. The molecule has 1 unspecified atom stereocenters. The Morgan fingerprint density at radius 2 is 1.89 bits per heavy atom. The first-order chi connectivity index (χ1) is 17.2. The van der Waals surface area contributed by atoms with E-state index in [1.807, 2.05) is 12.1 Å². The molecule has 0 bridgehead atoms. The quantitative estimate of drug-likeness (QED) is 0.382. The molecule has 8 heteroatoms. The average Bonchev–Trinajstić information content (AvgIpc) is 2.84. The van der Waals surface area contributed by atoms with Crippen molar-refractivity contribution in [2.75, 3.05) is 18.5 Å². The van der Waals surface area contributed by atoms with Crippen LogP contribution in [0.4, 0.5) is 5.82 Å². The molecule has 2 heterocycles. The van der Waals surface area contributed by atoms with E-state index in [2.05, 4.69) is 31.1 Å². The Kier molecular flexibility index (Phi) is 7.50. The van der Waals surface area contributed by atoms with Crippen molar-refractivity contribution in [1.82, 2.24) is 4.98 Å². The molecule has 1 aromatic heterocycles. The molecule has 0 aliphatic carbocycles. The number of aromatic nitrogens is 1. The highest BCUT2D eigenvalue weighted by molar-refractivity contribution is 6.32. The van der Waals surface area contributed by atoms with Gasteiger partial charge in [0.1, 0.15) is 23.1 Å². The Bertz CT molecular complexity index is 1270. The Hall–Kier alpha value is -3.58. The number of rotatable bonds is 6. The number of carbonyl (C=O) groups excluding carboxylic acids is 2. The minimum absolute atomic E-state index is 0.123. The van der Waals surface area contributed by atoms with Crippen molar-refractivity contribution in [2.45, 2.75) is 45.4 Å². The predicted molar refractivity (Wildman–Crippen MR) is 138 cm³/mol. The summed E-state index contributed by atoms with van der Waals surface area (Å²) in [4.78, 5) is 29.6. The molecule has 1 amide bonds. The van der Waals surface area contributed by atoms with Gasteiger partial charge in [-0.3, -0.25) is 9.59 Å². The van der Waals surface area contributed by atoms with E-state index in [-0.39, 0.29) is 17.3 Å². The standard InChI is InChI=1S/C28H29ClN2O5/c1-5-34-27(33)19-13-14-35-22-16-23(21(29)15-20(19)22)36-18-11-9-17(10-12-18)26(32)31-25-8-6-7-24(30-25)28(2,3)4/h6-12,15-16,19H,5,13-14H2,1-4H3,(H,30,31,32). The predicted octanol–water partition coefficient (Wildman–Crippen LogP) is 6.51. The molecule has 3 aromatic rings. The lowest BCUT2D eigenvalue weighted by molar-refractivity contribution is -0.145. The van der Waals surface area contributed by atoms with Gasteiger partial charge in [-0.1, -0.05) is 38.4 Å². The van der Waals surface area contributed by atoms with E-state index in [1.54, 1.807) is 49.4 Å². The fourth-order valence-corrected chi connectivity index (χ4v) is 4.08. The number of hydrogen-bond acceptors (Lipinski definition) is 6. The number of anilines is 1. The van der Waals surface area contributed by atoms with Gasteiger partial charge in [0.25, 0.3) is 5.91 Å². The molecule has 7 nitrogen and oxygen atoms in total. The Morgan fingerprint density at radius 3 is 2.58 bits per heavy atom. The molecular formula is C28H29ClN2O5. The molecule has 0 radical (unpaired) electrons. The summed E-state index contributed by atoms with van der Waals surface area (Å²) in [6.45, 7) is 8.69. The molecule has 2 aromatic carbocycles. The molecular weight excluding hydrogens is 480 g/mol. The van der Waals surface area contributed by atoms with Gasteiger partial charge in [0.15, 0.2) is 0 Å². The van der Waals surface area contributed by atoms with Crippen LogP contribution in [0.25, 0.3) is 0 Å². The molecule has 4 rings (SSSR count). The summed E-state index contributed by atoms with van der Waals surface area (Å²) in [7, 11) is 0. The molecule has 36 heavy (non-hydrogen) atoms. The van der Waals surface area contributed by atoms with Gasteiger partial charge in [0.05, 0.1) is 24.2 Å². The lowest BCUT2D eigenvalue weighted by atomic mass is 9.92. The zero-order valence-electron chi connectivity index (χ0n) is 20.8. The van der Waals surface area contributed by atoms with Crippen LogP contribution in [0.3, 0.4) is 0 Å². The third kappa shape index (κ3) is 5.79. The molecule has 1 aliphatic heterocycles. The van der Waals surface area contributed by atoms with Crippen LogP contribution in [-0.4, -0.2) is 30.1 Å². The second-order valence-corrected chi connectivity index (χ2v) is 9.91. The van der Waals surface area contributed by atoms with Crippen molar-refractivity contribution < 1.29 is 23.8 Å². The number of benzene rings is 2. The summed E-state index contributed by atoms with van der Waals surface area (Å²) < 4.78 is 16.9. The minimum atomic E-state index is -0.420. The highest BCUT2D eigenvalue weighted by Gasteiger charge is 2.30. The maximum atomic E-state index is 12.7. The topological polar surface area (TPSA) is 86.8 Å². The molecule has 0 saturated heterocycles. The number of fused-ring (bicyclic) bond motifs is 1. The molecule has 0 saturated carbocycles. The van der Waals surface area contributed by atoms with Crippen molar-refractivity contribution in [2.24, 2.45) is 0 Å². The molecule has 0 fully saturated rings. The van der Waals surface area contributed by atoms with Crippen LogP contribution >= 0.6 is 11.6 Å². The maximum Gasteiger partial charge on any atom is 0.313 e. The highest BCUT2D eigenvalue weighted by Crippen LogP contribution is 2.42. The van der Waals surface area contributed by atoms with Gasteiger partial charge in [-0.25, -0.2) is 4.98 Å². The lowest BCUT2D eigenvalue weighted by Crippen LogP contribution is -2.23. The number of esters is 1. The van der Waals surface area contributed by atoms with E-state index in [1.165, 1.54) is 0 Å². The largest absolute Gasteiger partial charge is 0.493 e. The summed E-state index contributed by atoms with van der Waals surface area (Å²) in [5.41, 5.74) is 1.92. The molecule has 1 aliphatic rings. The van der Waals surface area contributed by atoms with Crippen LogP contribution in [0, 0.1) is 0 Å². The first-order valence-electron chi connectivity index (χ1n) is 11.9. The Balaban J connectivity index is 1.46. The fraction of sp³-hybridized carbons (Fsp3) is 0.321. The Labute approximate surface area is 215 Å². The second kappa shape index (κ2) is 10.6. The Morgan fingerprint density at radius 1 is 1.14 bits per heavy atom. The number of halogens is 1. The van der Waals surface area contributed by atoms with E-state index in [9.17, 15) is 9.59 Å². The summed E-state index contributed by atoms with van der Waals surface area (Å²) in [5, 5.41) is 3.19. The maximum absolute atomic E-state index is 12.7. The summed E-state index contributed by atoms with van der Waals surface area (Å²) >= 11 is 6.47. The molecule has 0 spiro atoms. The van der Waals surface area contributed by atoms with E-state index >= 15 is 0 Å². The minimum Gasteiger partial charge on any atom is -0.493 e. The molecule has 1 N–H and O–H groups in total. The summed E-state index contributed by atoms with van der Waals surface area (Å²) in [6.07, 6.45) is 0.530.